The molecule has 19 heavy (non-hydrogen) atoms. The highest BCUT2D eigenvalue weighted by atomic mass is 35.5. The van der Waals surface area contributed by atoms with E-state index in [4.69, 9.17) is 5.11 Å². The van der Waals surface area contributed by atoms with E-state index in [1.54, 1.807) is 12.2 Å². The third-order valence-electron chi connectivity index (χ3n) is 1.57. The molecule has 0 heterocycles. The van der Waals surface area contributed by atoms with Crippen LogP contribution in [0.2, 0.25) is 0 Å². The van der Waals surface area contributed by atoms with Gasteiger partial charge in [0.1, 0.15) is 0 Å². The van der Waals surface area contributed by atoms with Gasteiger partial charge in [0, 0.05) is 5.57 Å². The molecule has 3 heteroatoms. The first kappa shape index (κ1) is 22.1. The zero-order chi connectivity index (χ0) is 14.4. The molecule has 0 aromatic heterocycles. The molecule has 0 atom stereocenters. The average Bonchev–Trinajstić information content (AvgIpc) is 2.40. The summed E-state index contributed by atoms with van der Waals surface area (Å²) in [6, 6.07) is 10.0. The van der Waals surface area contributed by atoms with Crippen LogP contribution in [0.5, 0.6) is 0 Å². The molecule has 1 rings (SSSR count). The van der Waals surface area contributed by atoms with Crippen molar-refractivity contribution in [3.63, 3.8) is 0 Å². The normalized spacial score (nSPS) is 7.00. The van der Waals surface area contributed by atoms with E-state index in [1.807, 2.05) is 36.4 Å². The molecule has 0 radical (unpaired) electrons. The summed E-state index contributed by atoms with van der Waals surface area (Å²) < 4.78 is 0. The van der Waals surface area contributed by atoms with Crippen molar-refractivity contribution < 1.29 is 9.90 Å². The largest absolute Gasteiger partial charge is 0.478 e. The fourth-order valence-electron chi connectivity index (χ4n) is 0.589. The van der Waals surface area contributed by atoms with Gasteiger partial charge in [0.2, 0.25) is 0 Å². The Morgan fingerprint density at radius 1 is 1.11 bits per heavy atom. The van der Waals surface area contributed by atoms with E-state index in [0.717, 1.165) is 0 Å². The molecule has 0 aliphatic heterocycles. The van der Waals surface area contributed by atoms with Crippen LogP contribution < -0.4 is 0 Å². The van der Waals surface area contributed by atoms with Crippen LogP contribution in [0.4, 0.5) is 0 Å². The van der Waals surface area contributed by atoms with Crippen molar-refractivity contribution in [2.75, 3.05) is 0 Å². The number of hydrogen-bond donors (Lipinski definition) is 1. The van der Waals surface area contributed by atoms with E-state index < -0.39 is 5.97 Å². The number of carboxylic acid groups (broad SMARTS) is 1. The van der Waals surface area contributed by atoms with Gasteiger partial charge in [-0.05, 0) is 12.5 Å². The van der Waals surface area contributed by atoms with Gasteiger partial charge in [0.25, 0.3) is 0 Å². The molecule has 0 bridgehead atoms. The molecule has 0 fully saturated rings. The van der Waals surface area contributed by atoms with Gasteiger partial charge >= 0.3 is 5.97 Å². The van der Waals surface area contributed by atoms with Crippen molar-refractivity contribution in [3.8, 4) is 0 Å². The second-order valence-corrected chi connectivity index (χ2v) is 3.17. The van der Waals surface area contributed by atoms with E-state index in [0.29, 0.717) is 0 Å². The first-order valence-corrected chi connectivity index (χ1v) is 5.29. The number of benzene rings is 1. The second kappa shape index (κ2) is 15.9. The van der Waals surface area contributed by atoms with E-state index in [2.05, 4.69) is 26.3 Å². The van der Waals surface area contributed by atoms with Crippen LogP contribution in [0, 0.1) is 0 Å². The van der Waals surface area contributed by atoms with Crippen LogP contribution in [0.3, 0.4) is 0 Å². The topological polar surface area (TPSA) is 37.3 Å². The lowest BCUT2D eigenvalue weighted by Crippen LogP contribution is -1.92. The van der Waals surface area contributed by atoms with Crippen molar-refractivity contribution in [2.24, 2.45) is 0 Å². The highest BCUT2D eigenvalue weighted by Crippen LogP contribution is 1.97. The molecule has 0 saturated carbocycles. The second-order valence-electron chi connectivity index (χ2n) is 3.17. The average molecular weight is 281 g/mol. The van der Waals surface area contributed by atoms with Gasteiger partial charge in [0.05, 0.1) is 0 Å². The summed E-state index contributed by atoms with van der Waals surface area (Å²) in [7, 11) is 0. The van der Waals surface area contributed by atoms with Gasteiger partial charge < -0.3 is 5.11 Å². The molecule has 0 aliphatic carbocycles. The number of halogens is 1. The molecular formula is C16H21ClO2. The maximum absolute atomic E-state index is 9.60. The van der Waals surface area contributed by atoms with E-state index in [1.165, 1.54) is 12.5 Å². The molecule has 0 amide bonds. The maximum atomic E-state index is 9.60. The van der Waals surface area contributed by atoms with E-state index in [9.17, 15) is 4.79 Å². The summed E-state index contributed by atoms with van der Waals surface area (Å²) in [6.45, 7) is 15.0. The molecule has 1 aromatic rings. The standard InChI is InChI=1S/C8H8.C4H6O2.C4H6.ClH/c1-2-8-6-4-3-5-7-8;1-3(2)4(5)6;1-3-4-2;/h2-7H,1H2;1H2,2H3,(H,5,6);3-4H,1-2H2;1H. The summed E-state index contributed by atoms with van der Waals surface area (Å²) in [4.78, 5) is 9.60. The van der Waals surface area contributed by atoms with Gasteiger partial charge in [-0.1, -0.05) is 74.9 Å². The quantitative estimate of drug-likeness (QED) is 0.640. The highest BCUT2D eigenvalue weighted by molar-refractivity contribution is 5.85. The minimum Gasteiger partial charge on any atom is -0.478 e. The lowest BCUT2D eigenvalue weighted by atomic mass is 10.2. The van der Waals surface area contributed by atoms with Crippen LogP contribution in [0.15, 0.2) is 74.4 Å². The Bertz CT molecular complexity index is 376. The van der Waals surface area contributed by atoms with Crippen LogP contribution in [-0.4, -0.2) is 11.1 Å². The number of carbonyl (C=O) groups is 1. The molecule has 0 saturated heterocycles. The Morgan fingerprint density at radius 3 is 1.63 bits per heavy atom. The molecule has 104 valence electrons. The van der Waals surface area contributed by atoms with Gasteiger partial charge in [-0.3, -0.25) is 0 Å². The maximum Gasteiger partial charge on any atom is 0.330 e. The zero-order valence-corrected chi connectivity index (χ0v) is 12.0. The molecule has 0 aliphatic rings. The molecule has 0 unspecified atom stereocenters. The lowest BCUT2D eigenvalue weighted by molar-refractivity contribution is -0.132. The number of hydrogen-bond acceptors (Lipinski definition) is 1. The summed E-state index contributed by atoms with van der Waals surface area (Å²) in [5.74, 6) is -0.935. The molecule has 1 aromatic carbocycles. The minimum atomic E-state index is -0.935. The Hall–Kier alpha value is -2.06. The zero-order valence-electron chi connectivity index (χ0n) is 11.2. The number of carboxylic acids is 1. The van der Waals surface area contributed by atoms with Crippen molar-refractivity contribution in [3.05, 3.63) is 79.9 Å². The molecule has 0 spiro atoms. The summed E-state index contributed by atoms with van der Waals surface area (Å²) in [5, 5.41) is 7.89. The third-order valence-corrected chi connectivity index (χ3v) is 1.57. The Labute approximate surface area is 121 Å². The lowest BCUT2D eigenvalue weighted by Gasteiger charge is -1.85. The Kier molecular flexibility index (Phi) is 18.6. The Morgan fingerprint density at radius 2 is 1.47 bits per heavy atom. The fourth-order valence-corrected chi connectivity index (χ4v) is 0.589. The molecule has 1 N–H and O–H groups in total. The van der Waals surface area contributed by atoms with Gasteiger partial charge in [-0.25, -0.2) is 4.79 Å². The first-order chi connectivity index (χ1) is 8.49. The van der Waals surface area contributed by atoms with Gasteiger partial charge in [-0.2, -0.15) is 0 Å². The molecule has 2 nitrogen and oxygen atoms in total. The van der Waals surface area contributed by atoms with Crippen molar-refractivity contribution >= 4 is 24.5 Å². The number of allylic oxidation sites excluding steroid dienone is 2. The smallest absolute Gasteiger partial charge is 0.330 e. The third kappa shape index (κ3) is 18.5. The van der Waals surface area contributed by atoms with Crippen molar-refractivity contribution in [2.45, 2.75) is 6.92 Å². The van der Waals surface area contributed by atoms with Crippen LogP contribution in [-0.2, 0) is 4.79 Å². The van der Waals surface area contributed by atoms with Gasteiger partial charge in [0.15, 0.2) is 0 Å². The van der Waals surface area contributed by atoms with Crippen LogP contribution in [0.1, 0.15) is 12.5 Å². The van der Waals surface area contributed by atoms with Gasteiger partial charge in [-0.15, -0.1) is 12.4 Å². The van der Waals surface area contributed by atoms with Crippen LogP contribution >= 0.6 is 12.4 Å². The predicted molar refractivity (Wildman–Crippen MR) is 86.6 cm³/mol. The predicted octanol–water partition coefficient (Wildman–Crippen LogP) is 4.76. The van der Waals surface area contributed by atoms with Crippen molar-refractivity contribution in [1.29, 1.82) is 0 Å². The van der Waals surface area contributed by atoms with E-state index >= 15 is 0 Å². The highest BCUT2D eigenvalue weighted by Gasteiger charge is 1.90. The van der Waals surface area contributed by atoms with Crippen molar-refractivity contribution in [1.82, 2.24) is 0 Å². The monoisotopic (exact) mass is 280 g/mol. The number of rotatable bonds is 3. The Balaban J connectivity index is -0.000000210. The fraction of sp³-hybridized carbons (Fsp3) is 0.0625. The number of aliphatic carboxylic acids is 1. The van der Waals surface area contributed by atoms with E-state index in [-0.39, 0.29) is 18.0 Å². The summed E-state index contributed by atoms with van der Waals surface area (Å²) in [5.41, 5.74) is 1.35. The molecular weight excluding hydrogens is 260 g/mol. The summed E-state index contributed by atoms with van der Waals surface area (Å²) >= 11 is 0. The first-order valence-electron chi connectivity index (χ1n) is 5.29. The SMILES string of the molecule is C=C(C)C(=O)O.C=CC=C.C=Cc1ccccc1.Cl. The van der Waals surface area contributed by atoms with Crippen LogP contribution in [0.25, 0.3) is 6.08 Å². The summed E-state index contributed by atoms with van der Waals surface area (Å²) in [6.07, 6.45) is 5.11. The minimum absolute atomic E-state index is 0.